The van der Waals surface area contributed by atoms with E-state index in [4.69, 9.17) is 4.98 Å². The Morgan fingerprint density at radius 1 is 0.681 bits per heavy atom. The lowest BCUT2D eigenvalue weighted by atomic mass is 9.86. The number of nitrogens with zero attached hydrogens (tertiary/aromatic N) is 6. The van der Waals surface area contributed by atoms with Crippen molar-refractivity contribution in [2.45, 2.75) is 24.9 Å². The van der Waals surface area contributed by atoms with E-state index in [2.05, 4.69) is 5.10 Å². The van der Waals surface area contributed by atoms with Crippen LogP contribution in [0.1, 0.15) is 36.2 Å². The highest BCUT2D eigenvalue weighted by atomic mass is 32.1. The van der Waals surface area contributed by atoms with E-state index in [-0.39, 0.29) is 0 Å². The van der Waals surface area contributed by atoms with Crippen LogP contribution in [-0.4, -0.2) is 33.3 Å². The second kappa shape index (κ2) is 11.1. The van der Waals surface area contributed by atoms with Crippen LogP contribution in [0.2, 0.25) is 0 Å². The number of para-hydroxylation sites is 2. The highest BCUT2D eigenvalue weighted by Crippen LogP contribution is 2.46. The molecule has 0 bridgehead atoms. The van der Waals surface area contributed by atoms with E-state index < -0.39 is 40.8 Å². The summed E-state index contributed by atoms with van der Waals surface area (Å²) in [5.74, 6) is -0.429. The number of benzene rings is 4. The maximum absolute atomic E-state index is 14.5. The molecule has 47 heavy (non-hydrogen) atoms. The van der Waals surface area contributed by atoms with Crippen molar-refractivity contribution in [3.63, 3.8) is 0 Å². The van der Waals surface area contributed by atoms with Gasteiger partial charge in [-0.25, -0.2) is 47.8 Å². The summed E-state index contributed by atoms with van der Waals surface area (Å²) >= 11 is 1.25. The molecule has 0 radical (unpaired) electrons. The van der Waals surface area contributed by atoms with Crippen molar-refractivity contribution in [3.05, 3.63) is 175 Å². The van der Waals surface area contributed by atoms with Gasteiger partial charge in [-0.15, -0.1) is 0 Å². The number of aromatic amines is 1. The molecule has 0 amide bonds. The molecule has 3 atom stereocenters. The fraction of sp³-hybridized carbons (Fsp3) is 0.114. The van der Waals surface area contributed by atoms with E-state index >= 15 is 0 Å². The molecule has 0 spiro atoms. The van der Waals surface area contributed by atoms with E-state index in [1.807, 2.05) is 73.7 Å². The summed E-state index contributed by atoms with van der Waals surface area (Å²) < 4.78 is 6.27. The average Bonchev–Trinajstić information content (AvgIpc) is 3.76. The van der Waals surface area contributed by atoms with Gasteiger partial charge < -0.3 is 0 Å². The van der Waals surface area contributed by atoms with Crippen molar-refractivity contribution in [3.8, 4) is 26.9 Å². The van der Waals surface area contributed by atoms with E-state index in [0.29, 0.717) is 27.1 Å². The zero-order valence-electron chi connectivity index (χ0n) is 25.0. The van der Waals surface area contributed by atoms with Crippen molar-refractivity contribution < 1.29 is 0 Å². The summed E-state index contributed by atoms with van der Waals surface area (Å²) in [5.41, 5.74) is 0.508. The summed E-state index contributed by atoms with van der Waals surface area (Å²) in [6, 6.07) is 34.6. The Labute approximate surface area is 270 Å². The summed E-state index contributed by atoms with van der Waals surface area (Å²) in [6.45, 7) is 1.95. The SMILES string of the molecule is C[C@@H](c1ccccc1)[C@@H]1[C@@H](n2[nH]c(=O)n(-c3ccccc3)c2=O)c2nc(-c3ccccc3)sc2-n2c(=O)n(-c3ccccc3)c(=O)n21. The van der Waals surface area contributed by atoms with Crippen LogP contribution >= 0.6 is 11.3 Å². The Hall–Kier alpha value is -6.01. The first-order valence-electron chi connectivity index (χ1n) is 15.1. The Morgan fingerprint density at radius 2 is 1.23 bits per heavy atom. The van der Waals surface area contributed by atoms with Crippen molar-refractivity contribution >= 4 is 11.3 Å². The number of nitrogens with one attached hydrogen (secondary N) is 1. The number of thiazole rings is 1. The standard InChI is InChI=1S/C35H27N7O4S/c1-22(23-14-6-2-7-15-23)28-29(40-33(44)38(32(43)37-40)25-18-10-4-11-19-25)27-31(47-30(36-27)24-16-8-3-9-17-24)42-35(46)39(34(45)41(28)42)26-20-12-5-13-21-26/h2-22,28-29H,1H3,(H,37,43)/t22-,28+,29-/m0/s1. The maximum Gasteiger partial charge on any atom is 0.357 e. The fourth-order valence-electron chi connectivity index (χ4n) is 6.47. The normalized spacial score (nSPS) is 16.0. The minimum atomic E-state index is -0.970. The molecule has 0 aliphatic carbocycles. The van der Waals surface area contributed by atoms with E-state index in [0.717, 1.165) is 20.3 Å². The molecule has 7 aromatic rings. The molecule has 0 saturated carbocycles. The van der Waals surface area contributed by atoms with Gasteiger partial charge in [0, 0.05) is 11.5 Å². The van der Waals surface area contributed by atoms with Gasteiger partial charge in [0.05, 0.1) is 17.4 Å². The third-order valence-corrected chi connectivity index (χ3v) is 9.77. The molecule has 232 valence electrons. The number of aromatic nitrogens is 7. The third-order valence-electron chi connectivity index (χ3n) is 8.67. The first kappa shape index (κ1) is 28.5. The van der Waals surface area contributed by atoms with Crippen molar-refractivity contribution in [2.75, 3.05) is 0 Å². The van der Waals surface area contributed by atoms with Crippen LogP contribution < -0.4 is 22.8 Å². The molecule has 4 aromatic carbocycles. The zero-order chi connectivity index (χ0) is 32.2. The molecule has 12 heteroatoms. The first-order valence-corrected chi connectivity index (χ1v) is 15.9. The quantitative estimate of drug-likeness (QED) is 0.287. The molecule has 8 rings (SSSR count). The molecule has 0 saturated heterocycles. The predicted molar refractivity (Wildman–Crippen MR) is 179 cm³/mol. The van der Waals surface area contributed by atoms with Crippen LogP contribution in [0.5, 0.6) is 0 Å². The summed E-state index contributed by atoms with van der Waals surface area (Å²) in [4.78, 5) is 61.7. The van der Waals surface area contributed by atoms with Gasteiger partial charge in [0.2, 0.25) is 0 Å². The van der Waals surface area contributed by atoms with Gasteiger partial charge in [0.25, 0.3) is 0 Å². The summed E-state index contributed by atoms with van der Waals surface area (Å²) in [5, 5.41) is 3.77. The molecule has 0 unspecified atom stereocenters. The highest BCUT2D eigenvalue weighted by molar-refractivity contribution is 7.17. The van der Waals surface area contributed by atoms with Crippen LogP contribution in [0.4, 0.5) is 0 Å². The molecule has 11 nitrogen and oxygen atoms in total. The molecular weight excluding hydrogens is 614 g/mol. The lowest BCUT2D eigenvalue weighted by Crippen LogP contribution is -2.44. The number of hydrogen-bond acceptors (Lipinski definition) is 6. The molecule has 4 heterocycles. The second-order valence-corrected chi connectivity index (χ2v) is 12.3. The van der Waals surface area contributed by atoms with Gasteiger partial charge in [-0.3, -0.25) is 0 Å². The van der Waals surface area contributed by atoms with Gasteiger partial charge in [0.1, 0.15) is 21.7 Å². The van der Waals surface area contributed by atoms with Crippen LogP contribution in [0.3, 0.4) is 0 Å². The van der Waals surface area contributed by atoms with Crippen LogP contribution in [0, 0.1) is 0 Å². The van der Waals surface area contributed by atoms with Gasteiger partial charge in [-0.1, -0.05) is 115 Å². The Morgan fingerprint density at radius 3 is 1.85 bits per heavy atom. The average molecular weight is 642 g/mol. The lowest BCUT2D eigenvalue weighted by molar-refractivity contribution is 0.239. The van der Waals surface area contributed by atoms with Gasteiger partial charge >= 0.3 is 22.8 Å². The number of fused-ring (bicyclic) bond motifs is 3. The van der Waals surface area contributed by atoms with Gasteiger partial charge in [-0.2, -0.15) is 4.68 Å². The molecule has 3 aromatic heterocycles. The Balaban J connectivity index is 1.47. The molecule has 1 aliphatic rings. The minimum Gasteiger partial charge on any atom is -0.246 e. The zero-order valence-corrected chi connectivity index (χ0v) is 25.8. The third kappa shape index (κ3) is 4.44. The second-order valence-electron chi connectivity index (χ2n) is 11.3. The smallest absolute Gasteiger partial charge is 0.246 e. The summed E-state index contributed by atoms with van der Waals surface area (Å²) in [6.07, 6.45) is 0. The number of H-pyrrole nitrogens is 1. The van der Waals surface area contributed by atoms with E-state index in [9.17, 15) is 19.2 Å². The fourth-order valence-corrected chi connectivity index (χ4v) is 7.58. The Bertz CT molecular complexity index is 2470. The largest absolute Gasteiger partial charge is 0.357 e. The molecule has 1 N–H and O–H groups in total. The van der Waals surface area contributed by atoms with Gasteiger partial charge in [-0.05, 0) is 29.8 Å². The van der Waals surface area contributed by atoms with E-state index in [1.165, 1.54) is 25.4 Å². The topological polar surface area (TPSA) is 122 Å². The van der Waals surface area contributed by atoms with Crippen LogP contribution in [0.15, 0.2) is 141 Å². The lowest BCUT2D eigenvalue weighted by Gasteiger charge is -2.36. The molecule has 0 fully saturated rings. The minimum absolute atomic E-state index is 0.391. The first-order chi connectivity index (χ1) is 22.9. The number of hydrogen-bond donors (Lipinski definition) is 1. The van der Waals surface area contributed by atoms with Crippen molar-refractivity contribution in [1.82, 2.24) is 33.3 Å². The highest BCUT2D eigenvalue weighted by Gasteiger charge is 2.45. The maximum atomic E-state index is 14.5. The number of rotatable bonds is 6. The Kier molecular flexibility index (Phi) is 6.73. The van der Waals surface area contributed by atoms with E-state index in [1.54, 1.807) is 54.6 Å². The summed E-state index contributed by atoms with van der Waals surface area (Å²) in [7, 11) is 0. The van der Waals surface area contributed by atoms with Crippen molar-refractivity contribution in [1.29, 1.82) is 0 Å². The van der Waals surface area contributed by atoms with Crippen LogP contribution in [0.25, 0.3) is 26.9 Å². The monoisotopic (exact) mass is 641 g/mol. The predicted octanol–water partition coefficient (Wildman–Crippen LogP) is 4.50. The molecule has 1 aliphatic heterocycles. The van der Waals surface area contributed by atoms with Crippen LogP contribution in [-0.2, 0) is 0 Å². The molecular formula is C35H27N7O4S. The van der Waals surface area contributed by atoms with Gasteiger partial charge in [0.15, 0.2) is 0 Å². The van der Waals surface area contributed by atoms with Crippen molar-refractivity contribution in [2.24, 2.45) is 0 Å².